The molecule has 0 spiro atoms. The Balaban J connectivity index is 0. The fourth-order valence-electron chi connectivity index (χ4n) is 2.63. The molecule has 23 heavy (non-hydrogen) atoms. The fraction of sp³-hybridized carbons (Fsp3) is 1.00. The molecule has 0 fully saturated rings. The Morgan fingerprint density at radius 3 is 1.26 bits per heavy atom. The van der Waals surface area contributed by atoms with E-state index >= 15 is 0 Å². The van der Waals surface area contributed by atoms with Crippen LogP contribution in [-0.2, 0) is 14.6 Å². The molecule has 0 aromatic carbocycles. The minimum absolute atomic E-state index is 0. The average molecular weight is 375 g/mol. The van der Waals surface area contributed by atoms with Gasteiger partial charge in [-0.25, -0.2) is 8.42 Å². The maximum Gasteiger partial charge on any atom is 1.00 e. The molecule has 0 atom stereocenters. The van der Waals surface area contributed by atoms with Gasteiger partial charge in [0.15, 0.2) is 0 Å². The Hall–Kier alpha value is 1.51. The van der Waals surface area contributed by atoms with Gasteiger partial charge in [-0.15, -0.1) is 0 Å². The molecule has 0 N–H and O–H groups in total. The predicted molar refractivity (Wildman–Crippen MR) is 90.6 cm³/mol. The molecular formula is C17H35KO4S. The number of rotatable bonds is 17. The molecule has 0 aliphatic heterocycles. The van der Waals surface area contributed by atoms with Crippen molar-refractivity contribution < 1.29 is 68.5 Å². The van der Waals surface area contributed by atoms with E-state index in [1.165, 1.54) is 77.0 Å². The third-order valence-corrected chi connectivity index (χ3v) is 4.43. The molecule has 0 bridgehead atoms. The van der Waals surface area contributed by atoms with Crippen LogP contribution < -0.4 is 51.4 Å². The zero-order chi connectivity index (χ0) is 16.5. The summed E-state index contributed by atoms with van der Waals surface area (Å²) < 4.78 is 34.8. The van der Waals surface area contributed by atoms with Crippen molar-refractivity contribution in [2.45, 2.75) is 103 Å². The zero-order valence-electron chi connectivity index (χ0n) is 15.4. The third kappa shape index (κ3) is 25.9. The Morgan fingerprint density at radius 2 is 0.957 bits per heavy atom. The van der Waals surface area contributed by atoms with E-state index in [0.29, 0.717) is 6.42 Å². The van der Waals surface area contributed by atoms with E-state index in [2.05, 4.69) is 11.1 Å². The van der Waals surface area contributed by atoms with Gasteiger partial charge in [0.2, 0.25) is 10.4 Å². The molecule has 6 heteroatoms. The van der Waals surface area contributed by atoms with Crippen molar-refractivity contribution in [1.29, 1.82) is 0 Å². The summed E-state index contributed by atoms with van der Waals surface area (Å²) in [7, 11) is -4.49. The van der Waals surface area contributed by atoms with Crippen molar-refractivity contribution in [3.8, 4) is 0 Å². The summed E-state index contributed by atoms with van der Waals surface area (Å²) in [6.07, 6.45) is 18.9. The van der Waals surface area contributed by atoms with E-state index in [0.717, 1.165) is 12.8 Å². The van der Waals surface area contributed by atoms with Crippen LogP contribution in [0, 0.1) is 0 Å². The number of hydrogen-bond donors (Lipinski definition) is 0. The summed E-state index contributed by atoms with van der Waals surface area (Å²) in [4.78, 5) is 0. The summed E-state index contributed by atoms with van der Waals surface area (Å²) in [6.45, 7) is 2.29. The average Bonchev–Trinajstić information content (AvgIpc) is 2.45. The molecule has 134 valence electrons. The standard InChI is InChI=1S/C17H36O4S.K/c1-2-3-4-5-6-7-8-9-10-11-12-13-14-15-16-17-21-22(18,19)20;/h2-17H2,1H3,(H,18,19,20);/q;+1/p-1. The van der Waals surface area contributed by atoms with Gasteiger partial charge in [-0.05, 0) is 6.42 Å². The molecule has 0 aliphatic rings. The maximum absolute atomic E-state index is 10.2. The largest absolute Gasteiger partial charge is 1.00 e. The minimum atomic E-state index is -4.49. The first kappa shape index (κ1) is 26.7. The van der Waals surface area contributed by atoms with E-state index in [4.69, 9.17) is 0 Å². The summed E-state index contributed by atoms with van der Waals surface area (Å²) >= 11 is 0. The molecule has 0 unspecified atom stereocenters. The maximum atomic E-state index is 10.2. The van der Waals surface area contributed by atoms with Gasteiger partial charge in [-0.3, -0.25) is 4.18 Å². The second kappa shape index (κ2) is 19.8. The van der Waals surface area contributed by atoms with Crippen LogP contribution >= 0.6 is 0 Å². The van der Waals surface area contributed by atoms with Gasteiger partial charge < -0.3 is 4.55 Å². The van der Waals surface area contributed by atoms with E-state index in [1.54, 1.807) is 0 Å². The van der Waals surface area contributed by atoms with Gasteiger partial charge in [0.25, 0.3) is 0 Å². The van der Waals surface area contributed by atoms with Crippen LogP contribution in [0.2, 0.25) is 0 Å². The van der Waals surface area contributed by atoms with Crippen molar-refractivity contribution in [3.63, 3.8) is 0 Å². The van der Waals surface area contributed by atoms with E-state index in [1.807, 2.05) is 0 Å². The molecule has 0 aromatic rings. The topological polar surface area (TPSA) is 66.4 Å². The summed E-state index contributed by atoms with van der Waals surface area (Å²) in [5.74, 6) is 0. The van der Waals surface area contributed by atoms with Crippen LogP contribution in [0.15, 0.2) is 0 Å². The molecule has 0 aliphatic carbocycles. The molecule has 4 nitrogen and oxygen atoms in total. The van der Waals surface area contributed by atoms with Gasteiger partial charge in [-0.2, -0.15) is 0 Å². The molecule has 0 saturated heterocycles. The van der Waals surface area contributed by atoms with Gasteiger partial charge in [0.1, 0.15) is 0 Å². The Bertz CT molecular complexity index is 321. The molecule has 0 amide bonds. The van der Waals surface area contributed by atoms with Crippen molar-refractivity contribution in [2.75, 3.05) is 6.61 Å². The summed E-state index contributed by atoms with van der Waals surface area (Å²) in [5.41, 5.74) is 0. The summed E-state index contributed by atoms with van der Waals surface area (Å²) in [6, 6.07) is 0. The van der Waals surface area contributed by atoms with Gasteiger partial charge in [0.05, 0.1) is 6.61 Å². The van der Waals surface area contributed by atoms with Crippen LogP contribution in [0.25, 0.3) is 0 Å². The fourth-order valence-corrected chi connectivity index (χ4v) is 2.96. The van der Waals surface area contributed by atoms with Crippen molar-refractivity contribution in [1.82, 2.24) is 0 Å². The number of hydrogen-bond acceptors (Lipinski definition) is 4. The van der Waals surface area contributed by atoms with E-state index in [-0.39, 0.29) is 58.0 Å². The Labute approximate surface area is 186 Å². The molecular weight excluding hydrogens is 339 g/mol. The van der Waals surface area contributed by atoms with Crippen molar-refractivity contribution >= 4 is 10.4 Å². The quantitative estimate of drug-likeness (QED) is 0.170. The van der Waals surface area contributed by atoms with Gasteiger partial charge >= 0.3 is 51.4 Å². The first-order chi connectivity index (χ1) is 10.6. The first-order valence-electron chi connectivity index (χ1n) is 9.16. The minimum Gasteiger partial charge on any atom is -0.726 e. The second-order valence-corrected chi connectivity index (χ2v) is 7.23. The zero-order valence-corrected chi connectivity index (χ0v) is 19.3. The second-order valence-electron chi connectivity index (χ2n) is 6.18. The van der Waals surface area contributed by atoms with Crippen LogP contribution in [-0.4, -0.2) is 19.6 Å². The number of unbranched alkanes of at least 4 members (excludes halogenated alkanes) is 14. The van der Waals surface area contributed by atoms with Crippen molar-refractivity contribution in [3.05, 3.63) is 0 Å². The van der Waals surface area contributed by atoms with Crippen LogP contribution in [0.1, 0.15) is 103 Å². The first-order valence-corrected chi connectivity index (χ1v) is 10.5. The molecule has 0 aromatic heterocycles. The molecule has 0 saturated carbocycles. The van der Waals surface area contributed by atoms with Crippen LogP contribution in [0.5, 0.6) is 0 Å². The Morgan fingerprint density at radius 1 is 0.652 bits per heavy atom. The smallest absolute Gasteiger partial charge is 0.726 e. The van der Waals surface area contributed by atoms with E-state index < -0.39 is 10.4 Å². The van der Waals surface area contributed by atoms with Crippen molar-refractivity contribution in [2.24, 2.45) is 0 Å². The molecule has 0 heterocycles. The predicted octanol–water partition coefficient (Wildman–Crippen LogP) is 2.34. The Kier molecular flexibility index (Phi) is 23.0. The van der Waals surface area contributed by atoms with Gasteiger partial charge in [-0.1, -0.05) is 96.8 Å². The summed E-state index contributed by atoms with van der Waals surface area (Å²) in [5, 5.41) is 0. The SMILES string of the molecule is CCCCCCCCCCCCCCCCCOS(=O)(=O)[O-].[K+]. The van der Waals surface area contributed by atoms with Crippen LogP contribution in [0.4, 0.5) is 0 Å². The monoisotopic (exact) mass is 374 g/mol. The third-order valence-electron chi connectivity index (χ3n) is 3.98. The molecule has 0 rings (SSSR count). The van der Waals surface area contributed by atoms with E-state index in [9.17, 15) is 13.0 Å². The molecule has 0 radical (unpaired) electrons. The normalized spacial score (nSPS) is 11.4. The van der Waals surface area contributed by atoms with Gasteiger partial charge in [0, 0.05) is 0 Å². The van der Waals surface area contributed by atoms with Crippen LogP contribution in [0.3, 0.4) is 0 Å².